The molecule has 0 bridgehead atoms. The monoisotopic (exact) mass is 436 g/mol. The first-order chi connectivity index (χ1) is 14.9. The number of carbonyl (C=O) groups excluding carboxylic acids is 2. The number of hydrogen-bond donors (Lipinski definition) is 2. The van der Waals surface area contributed by atoms with Gasteiger partial charge in [0.2, 0.25) is 11.8 Å². The molecule has 2 saturated carbocycles. The molecule has 6 nitrogen and oxygen atoms in total. The van der Waals surface area contributed by atoms with E-state index >= 15 is 0 Å². The van der Waals surface area contributed by atoms with Crippen molar-refractivity contribution in [3.05, 3.63) is 0 Å². The Morgan fingerprint density at radius 2 is 1.94 bits per heavy atom. The third-order valence-corrected chi connectivity index (χ3v) is 8.55. The van der Waals surface area contributed by atoms with Gasteiger partial charge in [-0.25, -0.2) is 4.39 Å². The highest BCUT2D eigenvalue weighted by atomic mass is 19.1. The maximum absolute atomic E-state index is 14.4. The largest absolute Gasteiger partial charge is 0.352 e. The second-order valence-corrected chi connectivity index (χ2v) is 10.5. The molecule has 2 amide bonds. The predicted molar refractivity (Wildman–Crippen MR) is 119 cm³/mol. The Morgan fingerprint density at radius 3 is 2.65 bits per heavy atom. The molecular formula is C24H41FN4O2. The standard InChI is InChI=1S/C24H41FN4O2/c1-4-18-14-28(10-11-29(18)16(3)30)19-7-5-6-17(12-19)26-24(31)22-13-20-21(25)9-8-15(2)23(20)27-22/h15,17-23,27H,4-14H2,1-3H3,(H,26,31)/t15?,17-,18+,19-,20?,21?,22?,23?/m1/s1. The summed E-state index contributed by atoms with van der Waals surface area (Å²) < 4.78 is 14.4. The number of nitrogens with zero attached hydrogens (tertiary/aromatic N) is 2. The average Bonchev–Trinajstić information content (AvgIpc) is 3.23. The van der Waals surface area contributed by atoms with Gasteiger partial charge in [-0.3, -0.25) is 14.5 Å². The van der Waals surface area contributed by atoms with Crippen LogP contribution in [-0.2, 0) is 9.59 Å². The molecule has 176 valence electrons. The summed E-state index contributed by atoms with van der Waals surface area (Å²) in [5.41, 5.74) is 0. The van der Waals surface area contributed by atoms with Gasteiger partial charge >= 0.3 is 0 Å². The van der Waals surface area contributed by atoms with Crippen LogP contribution in [0.2, 0.25) is 0 Å². The van der Waals surface area contributed by atoms with Gasteiger partial charge in [0.1, 0.15) is 6.17 Å². The minimum atomic E-state index is -0.772. The first kappa shape index (κ1) is 23.0. The highest BCUT2D eigenvalue weighted by Crippen LogP contribution is 2.38. The topological polar surface area (TPSA) is 64.7 Å². The Kier molecular flexibility index (Phi) is 7.21. The van der Waals surface area contributed by atoms with Crippen LogP contribution in [0, 0.1) is 11.8 Å². The van der Waals surface area contributed by atoms with Crippen molar-refractivity contribution < 1.29 is 14.0 Å². The van der Waals surface area contributed by atoms with Crippen LogP contribution in [-0.4, -0.2) is 77.6 Å². The third-order valence-electron chi connectivity index (χ3n) is 8.55. The molecule has 2 saturated heterocycles. The number of alkyl halides is 1. The van der Waals surface area contributed by atoms with Crippen LogP contribution < -0.4 is 10.6 Å². The molecule has 31 heavy (non-hydrogen) atoms. The summed E-state index contributed by atoms with van der Waals surface area (Å²) in [4.78, 5) is 29.5. The van der Waals surface area contributed by atoms with Crippen LogP contribution in [0.1, 0.15) is 72.1 Å². The van der Waals surface area contributed by atoms with Gasteiger partial charge in [-0.15, -0.1) is 0 Å². The number of halogens is 1. The minimum Gasteiger partial charge on any atom is -0.352 e. The van der Waals surface area contributed by atoms with Gasteiger partial charge in [0.05, 0.1) is 6.04 Å². The quantitative estimate of drug-likeness (QED) is 0.711. The number of hydrogen-bond acceptors (Lipinski definition) is 4. The Bertz CT molecular complexity index is 643. The van der Waals surface area contributed by atoms with E-state index in [-0.39, 0.29) is 35.9 Å². The zero-order valence-corrected chi connectivity index (χ0v) is 19.5. The molecular weight excluding hydrogens is 395 g/mol. The van der Waals surface area contributed by atoms with Gasteiger partial charge in [0.25, 0.3) is 0 Å². The molecule has 2 heterocycles. The van der Waals surface area contributed by atoms with Gasteiger partial charge < -0.3 is 15.5 Å². The molecule has 2 aliphatic carbocycles. The molecule has 2 aliphatic heterocycles. The lowest BCUT2D eigenvalue weighted by Gasteiger charge is -2.46. The SMILES string of the molecule is CC[C@H]1CN([C@@H]2CCC[C@@H](NC(=O)C3CC4C(F)CCC(C)C4N3)C2)CCN1C(C)=O. The summed E-state index contributed by atoms with van der Waals surface area (Å²) in [6, 6.07) is 0.847. The number of carbonyl (C=O) groups is 2. The van der Waals surface area contributed by atoms with Crippen molar-refractivity contribution in [2.45, 2.75) is 109 Å². The fraction of sp³-hybridized carbons (Fsp3) is 0.917. The van der Waals surface area contributed by atoms with Crippen LogP contribution >= 0.6 is 0 Å². The van der Waals surface area contributed by atoms with Crippen LogP contribution in [0.4, 0.5) is 4.39 Å². The van der Waals surface area contributed by atoms with E-state index in [0.29, 0.717) is 30.8 Å². The van der Waals surface area contributed by atoms with Crippen LogP contribution in [0.15, 0.2) is 0 Å². The summed E-state index contributed by atoms with van der Waals surface area (Å²) in [6.07, 6.45) is 6.66. The molecule has 8 atom stereocenters. The van der Waals surface area contributed by atoms with E-state index in [0.717, 1.165) is 58.2 Å². The lowest BCUT2D eigenvalue weighted by molar-refractivity contribution is -0.134. The summed E-state index contributed by atoms with van der Waals surface area (Å²) >= 11 is 0. The Morgan fingerprint density at radius 1 is 1.13 bits per heavy atom. The molecule has 5 unspecified atom stereocenters. The second-order valence-electron chi connectivity index (χ2n) is 10.5. The summed E-state index contributed by atoms with van der Waals surface area (Å²) in [5, 5.41) is 6.77. The number of rotatable bonds is 4. The zero-order chi connectivity index (χ0) is 22.1. The first-order valence-corrected chi connectivity index (χ1v) is 12.6. The van der Waals surface area contributed by atoms with Crippen LogP contribution in [0.3, 0.4) is 0 Å². The molecule has 0 spiro atoms. The molecule has 0 aromatic heterocycles. The van der Waals surface area contributed by atoms with E-state index in [1.165, 1.54) is 0 Å². The highest BCUT2D eigenvalue weighted by Gasteiger charge is 2.46. The first-order valence-electron chi connectivity index (χ1n) is 12.6. The fourth-order valence-corrected chi connectivity index (χ4v) is 6.70. The van der Waals surface area contributed by atoms with Crippen LogP contribution in [0.25, 0.3) is 0 Å². The maximum Gasteiger partial charge on any atom is 0.237 e. The van der Waals surface area contributed by atoms with Crippen molar-refractivity contribution in [3.63, 3.8) is 0 Å². The average molecular weight is 437 g/mol. The lowest BCUT2D eigenvalue weighted by Crippen LogP contribution is -2.58. The van der Waals surface area contributed by atoms with E-state index in [9.17, 15) is 14.0 Å². The molecule has 7 heteroatoms. The molecule has 0 radical (unpaired) electrons. The summed E-state index contributed by atoms with van der Waals surface area (Å²) in [5.74, 6) is 0.665. The second kappa shape index (κ2) is 9.74. The number of nitrogens with one attached hydrogen (secondary N) is 2. The fourth-order valence-electron chi connectivity index (χ4n) is 6.70. The van der Waals surface area contributed by atoms with Crippen molar-refractivity contribution >= 4 is 11.8 Å². The summed E-state index contributed by atoms with van der Waals surface area (Å²) in [6.45, 7) is 8.67. The van der Waals surface area contributed by atoms with E-state index in [4.69, 9.17) is 0 Å². The van der Waals surface area contributed by atoms with Crippen molar-refractivity contribution in [2.24, 2.45) is 11.8 Å². The Balaban J connectivity index is 1.30. The Hall–Kier alpha value is -1.21. The van der Waals surface area contributed by atoms with Crippen LogP contribution in [0.5, 0.6) is 0 Å². The molecule has 0 aromatic carbocycles. The van der Waals surface area contributed by atoms with E-state index in [1.807, 2.05) is 4.90 Å². The van der Waals surface area contributed by atoms with Crippen molar-refractivity contribution in [2.75, 3.05) is 19.6 Å². The lowest BCUT2D eigenvalue weighted by atomic mass is 9.77. The van der Waals surface area contributed by atoms with E-state index in [1.54, 1.807) is 6.92 Å². The van der Waals surface area contributed by atoms with Gasteiger partial charge in [0.15, 0.2) is 0 Å². The molecule has 4 rings (SSSR count). The maximum atomic E-state index is 14.4. The zero-order valence-electron chi connectivity index (χ0n) is 19.5. The number of fused-ring (bicyclic) bond motifs is 1. The number of piperazine rings is 1. The van der Waals surface area contributed by atoms with E-state index < -0.39 is 6.17 Å². The highest BCUT2D eigenvalue weighted by molar-refractivity contribution is 5.82. The smallest absolute Gasteiger partial charge is 0.237 e. The predicted octanol–water partition coefficient (Wildman–Crippen LogP) is 2.47. The van der Waals surface area contributed by atoms with Crippen molar-refractivity contribution in [3.8, 4) is 0 Å². The molecule has 0 aromatic rings. The van der Waals surface area contributed by atoms with Gasteiger partial charge in [0, 0.05) is 56.6 Å². The summed E-state index contributed by atoms with van der Waals surface area (Å²) in [7, 11) is 0. The van der Waals surface area contributed by atoms with Gasteiger partial charge in [-0.1, -0.05) is 13.8 Å². The number of amides is 2. The van der Waals surface area contributed by atoms with E-state index in [2.05, 4.69) is 29.4 Å². The normalized spacial score (nSPS) is 41.6. The van der Waals surface area contributed by atoms with Crippen molar-refractivity contribution in [1.82, 2.24) is 20.4 Å². The molecule has 2 N–H and O–H groups in total. The minimum absolute atomic E-state index is 0.0119. The van der Waals surface area contributed by atoms with Crippen molar-refractivity contribution in [1.29, 1.82) is 0 Å². The molecule has 4 fully saturated rings. The van der Waals surface area contributed by atoms with Gasteiger partial charge in [-0.05, 0) is 57.3 Å². The third kappa shape index (κ3) is 4.92. The Labute approximate surface area is 186 Å². The molecule has 4 aliphatic rings. The van der Waals surface area contributed by atoms with Gasteiger partial charge in [-0.2, -0.15) is 0 Å².